The molecule has 0 saturated heterocycles. The molecule has 0 aliphatic rings. The van der Waals surface area contributed by atoms with Crippen molar-refractivity contribution in [3.8, 4) is 5.75 Å². The summed E-state index contributed by atoms with van der Waals surface area (Å²) in [5.74, 6) is 0.803. The van der Waals surface area contributed by atoms with Crippen molar-refractivity contribution in [3.05, 3.63) is 58.3 Å². The Morgan fingerprint density at radius 1 is 1.25 bits per heavy atom. The zero-order chi connectivity index (χ0) is 14.4. The molecule has 2 rings (SSSR count). The maximum absolute atomic E-state index is 5.45. The molecule has 4 heteroatoms. The quantitative estimate of drug-likeness (QED) is 0.868. The Hall–Kier alpha value is -1.39. The lowest BCUT2D eigenvalue weighted by molar-refractivity contribution is 0.399. The van der Waals surface area contributed by atoms with E-state index in [2.05, 4.69) is 39.2 Å². The smallest absolute Gasteiger partial charge is 0.142 e. The van der Waals surface area contributed by atoms with E-state index in [-0.39, 0.29) is 6.04 Å². The number of nitrogens with zero attached hydrogens (tertiary/aromatic N) is 1. The van der Waals surface area contributed by atoms with E-state index in [1.807, 2.05) is 30.3 Å². The van der Waals surface area contributed by atoms with Crippen LogP contribution in [0.4, 0.5) is 0 Å². The molecule has 1 aromatic carbocycles. The summed E-state index contributed by atoms with van der Waals surface area (Å²) in [4.78, 5) is 4.51. The molecule has 0 fully saturated rings. The van der Waals surface area contributed by atoms with Gasteiger partial charge in [-0.05, 0) is 36.7 Å². The van der Waals surface area contributed by atoms with Crippen molar-refractivity contribution in [1.82, 2.24) is 10.3 Å². The lowest BCUT2D eigenvalue weighted by Crippen LogP contribution is -2.25. The van der Waals surface area contributed by atoms with Crippen molar-refractivity contribution in [1.29, 1.82) is 0 Å². The number of aromatic nitrogens is 1. The second kappa shape index (κ2) is 7.41. The summed E-state index contributed by atoms with van der Waals surface area (Å²) < 4.78 is 6.52. The van der Waals surface area contributed by atoms with Gasteiger partial charge in [-0.15, -0.1) is 0 Å². The standard InChI is InChI=1S/C16H19BrN2O/c1-3-10-18-15(12-7-4-5-8-13(12)17)16-14(20-2)9-6-11-19-16/h4-9,11,15,18H,3,10H2,1-2H3. The molecular weight excluding hydrogens is 316 g/mol. The number of ether oxygens (including phenoxy) is 1. The number of halogens is 1. The predicted octanol–water partition coefficient (Wildman–Crippen LogP) is 3.94. The first-order valence-corrected chi connectivity index (χ1v) is 7.54. The van der Waals surface area contributed by atoms with Crippen LogP contribution in [-0.2, 0) is 0 Å². The number of hydrogen-bond donors (Lipinski definition) is 1. The fourth-order valence-corrected chi connectivity index (χ4v) is 2.66. The summed E-state index contributed by atoms with van der Waals surface area (Å²) >= 11 is 3.62. The van der Waals surface area contributed by atoms with Crippen LogP contribution in [0, 0.1) is 0 Å². The van der Waals surface area contributed by atoms with Crippen LogP contribution in [0.3, 0.4) is 0 Å². The van der Waals surface area contributed by atoms with Crippen molar-refractivity contribution in [3.63, 3.8) is 0 Å². The maximum atomic E-state index is 5.45. The van der Waals surface area contributed by atoms with E-state index in [4.69, 9.17) is 4.74 Å². The van der Waals surface area contributed by atoms with Gasteiger partial charge in [0.05, 0.1) is 13.2 Å². The topological polar surface area (TPSA) is 34.2 Å². The molecule has 0 bridgehead atoms. The van der Waals surface area contributed by atoms with Gasteiger partial charge in [0.1, 0.15) is 11.4 Å². The summed E-state index contributed by atoms with van der Waals surface area (Å²) in [6.07, 6.45) is 2.87. The second-order valence-corrected chi connectivity index (χ2v) is 5.35. The molecule has 106 valence electrons. The fourth-order valence-electron chi connectivity index (χ4n) is 2.14. The Kier molecular flexibility index (Phi) is 5.56. The second-order valence-electron chi connectivity index (χ2n) is 4.50. The zero-order valence-corrected chi connectivity index (χ0v) is 13.4. The monoisotopic (exact) mass is 334 g/mol. The van der Waals surface area contributed by atoms with Crippen LogP contribution in [-0.4, -0.2) is 18.6 Å². The SMILES string of the molecule is CCCNC(c1ccccc1Br)c1ncccc1OC. The third-order valence-corrected chi connectivity index (χ3v) is 3.83. The molecule has 1 atom stereocenters. The minimum Gasteiger partial charge on any atom is -0.495 e. The molecule has 1 unspecified atom stereocenters. The highest BCUT2D eigenvalue weighted by Gasteiger charge is 2.20. The molecular formula is C16H19BrN2O. The molecule has 20 heavy (non-hydrogen) atoms. The number of rotatable bonds is 6. The predicted molar refractivity (Wildman–Crippen MR) is 85.1 cm³/mol. The summed E-state index contributed by atoms with van der Waals surface area (Å²) in [6.45, 7) is 3.07. The molecule has 2 aromatic rings. The van der Waals surface area contributed by atoms with Gasteiger partial charge in [0.25, 0.3) is 0 Å². The normalized spacial score (nSPS) is 12.2. The van der Waals surface area contributed by atoms with E-state index in [0.717, 1.165) is 34.4 Å². The Balaban J connectivity index is 2.44. The van der Waals surface area contributed by atoms with Gasteiger partial charge >= 0.3 is 0 Å². The summed E-state index contributed by atoms with van der Waals surface area (Å²) in [5.41, 5.74) is 2.08. The van der Waals surface area contributed by atoms with E-state index in [0.29, 0.717) is 0 Å². The number of pyridine rings is 1. The van der Waals surface area contributed by atoms with Gasteiger partial charge < -0.3 is 10.1 Å². The first kappa shape index (κ1) is 15.0. The van der Waals surface area contributed by atoms with E-state index in [9.17, 15) is 0 Å². The van der Waals surface area contributed by atoms with E-state index < -0.39 is 0 Å². The highest BCUT2D eigenvalue weighted by Crippen LogP contribution is 2.32. The average molecular weight is 335 g/mol. The zero-order valence-electron chi connectivity index (χ0n) is 11.8. The van der Waals surface area contributed by atoms with Gasteiger partial charge in [-0.1, -0.05) is 41.1 Å². The van der Waals surface area contributed by atoms with Crippen LogP contribution in [0.2, 0.25) is 0 Å². The molecule has 0 aliphatic heterocycles. The number of nitrogens with one attached hydrogen (secondary N) is 1. The molecule has 1 N–H and O–H groups in total. The molecule has 0 radical (unpaired) electrons. The van der Waals surface area contributed by atoms with Crippen LogP contribution in [0.15, 0.2) is 47.1 Å². The molecule has 1 aromatic heterocycles. The van der Waals surface area contributed by atoms with Crippen LogP contribution in [0.25, 0.3) is 0 Å². The van der Waals surface area contributed by atoms with Crippen molar-refractivity contribution in [2.24, 2.45) is 0 Å². The molecule has 1 heterocycles. The van der Waals surface area contributed by atoms with Crippen LogP contribution in [0.1, 0.15) is 30.6 Å². The van der Waals surface area contributed by atoms with Crippen molar-refractivity contribution < 1.29 is 4.74 Å². The largest absolute Gasteiger partial charge is 0.495 e. The molecule has 3 nitrogen and oxygen atoms in total. The lowest BCUT2D eigenvalue weighted by Gasteiger charge is -2.21. The van der Waals surface area contributed by atoms with Gasteiger partial charge in [-0.2, -0.15) is 0 Å². The minimum absolute atomic E-state index is 0.0154. The van der Waals surface area contributed by atoms with Crippen LogP contribution < -0.4 is 10.1 Å². The summed E-state index contributed by atoms with van der Waals surface area (Å²) in [7, 11) is 1.68. The Labute approximate surface area is 128 Å². The fraction of sp³-hybridized carbons (Fsp3) is 0.312. The average Bonchev–Trinajstić information content (AvgIpc) is 2.49. The van der Waals surface area contributed by atoms with Crippen molar-refractivity contribution in [2.75, 3.05) is 13.7 Å². The Morgan fingerprint density at radius 3 is 2.75 bits per heavy atom. The molecule has 0 aliphatic carbocycles. The van der Waals surface area contributed by atoms with E-state index in [1.54, 1.807) is 13.3 Å². The minimum atomic E-state index is 0.0154. The Bertz CT molecular complexity index is 560. The lowest BCUT2D eigenvalue weighted by atomic mass is 10.0. The van der Waals surface area contributed by atoms with Crippen LogP contribution >= 0.6 is 15.9 Å². The summed E-state index contributed by atoms with van der Waals surface area (Å²) in [5, 5.41) is 3.55. The van der Waals surface area contributed by atoms with Gasteiger partial charge in [-0.3, -0.25) is 4.98 Å². The molecule has 0 spiro atoms. The first-order valence-electron chi connectivity index (χ1n) is 6.74. The first-order chi connectivity index (χ1) is 9.77. The van der Waals surface area contributed by atoms with Gasteiger partial charge in [0.15, 0.2) is 0 Å². The third kappa shape index (κ3) is 3.38. The van der Waals surface area contributed by atoms with Gasteiger partial charge in [-0.25, -0.2) is 0 Å². The molecule has 0 saturated carbocycles. The highest BCUT2D eigenvalue weighted by molar-refractivity contribution is 9.10. The maximum Gasteiger partial charge on any atom is 0.142 e. The van der Waals surface area contributed by atoms with Crippen molar-refractivity contribution in [2.45, 2.75) is 19.4 Å². The number of benzene rings is 1. The summed E-state index contributed by atoms with van der Waals surface area (Å²) in [6, 6.07) is 12.0. The van der Waals surface area contributed by atoms with Gasteiger partial charge in [0.2, 0.25) is 0 Å². The van der Waals surface area contributed by atoms with Crippen molar-refractivity contribution >= 4 is 15.9 Å². The number of hydrogen-bond acceptors (Lipinski definition) is 3. The highest BCUT2D eigenvalue weighted by atomic mass is 79.9. The van der Waals surface area contributed by atoms with E-state index >= 15 is 0 Å². The van der Waals surface area contributed by atoms with Crippen LogP contribution in [0.5, 0.6) is 5.75 Å². The number of methoxy groups -OCH3 is 1. The van der Waals surface area contributed by atoms with Gasteiger partial charge in [0, 0.05) is 10.7 Å². The van der Waals surface area contributed by atoms with E-state index in [1.165, 1.54) is 0 Å². The third-order valence-electron chi connectivity index (χ3n) is 3.11. The Morgan fingerprint density at radius 2 is 2.05 bits per heavy atom. The molecule has 0 amide bonds.